The van der Waals surface area contributed by atoms with Crippen LogP contribution in [-0.2, 0) is 14.3 Å². The van der Waals surface area contributed by atoms with E-state index in [9.17, 15) is 24.0 Å². The first-order valence-corrected chi connectivity index (χ1v) is 12.5. The van der Waals surface area contributed by atoms with E-state index < -0.39 is 36.2 Å². The van der Waals surface area contributed by atoms with E-state index in [1.165, 1.54) is 24.3 Å². The van der Waals surface area contributed by atoms with Crippen molar-refractivity contribution in [2.24, 2.45) is 0 Å². The molecular weight excluding hydrogens is 510 g/mol. The van der Waals surface area contributed by atoms with E-state index in [0.717, 1.165) is 21.4 Å². The molecule has 4 aromatic carbocycles. The van der Waals surface area contributed by atoms with Crippen LogP contribution in [0.3, 0.4) is 0 Å². The molecular formula is C31H25N3O6. The Labute approximate surface area is 229 Å². The Hall–Kier alpha value is -5.31. The van der Waals surface area contributed by atoms with Crippen molar-refractivity contribution in [1.82, 2.24) is 5.32 Å². The molecule has 0 unspecified atom stereocenters. The molecule has 200 valence electrons. The van der Waals surface area contributed by atoms with Crippen LogP contribution in [0.5, 0.6) is 0 Å². The highest BCUT2D eigenvalue weighted by atomic mass is 16.5. The molecule has 0 bridgehead atoms. The zero-order valence-corrected chi connectivity index (χ0v) is 21.8. The van der Waals surface area contributed by atoms with Crippen molar-refractivity contribution < 1.29 is 28.7 Å². The van der Waals surface area contributed by atoms with Gasteiger partial charge in [-0.25, -0.2) is 9.69 Å². The number of imide groups is 1. The molecule has 0 fully saturated rings. The van der Waals surface area contributed by atoms with Crippen LogP contribution in [0.2, 0.25) is 0 Å². The van der Waals surface area contributed by atoms with Gasteiger partial charge in [0.15, 0.2) is 6.61 Å². The minimum absolute atomic E-state index is 0.128. The maximum absolute atomic E-state index is 13.2. The first kappa shape index (κ1) is 26.3. The van der Waals surface area contributed by atoms with Crippen LogP contribution in [0, 0.1) is 13.8 Å². The third-order valence-corrected chi connectivity index (χ3v) is 6.66. The summed E-state index contributed by atoms with van der Waals surface area (Å²) in [6.07, 6.45) is 0. The van der Waals surface area contributed by atoms with Gasteiger partial charge < -0.3 is 15.4 Å². The van der Waals surface area contributed by atoms with E-state index >= 15 is 0 Å². The van der Waals surface area contributed by atoms with Gasteiger partial charge in [-0.15, -0.1) is 0 Å². The molecule has 4 amide bonds. The summed E-state index contributed by atoms with van der Waals surface area (Å²) in [7, 11) is 0. The second-order valence-corrected chi connectivity index (χ2v) is 9.37. The predicted molar refractivity (Wildman–Crippen MR) is 149 cm³/mol. The van der Waals surface area contributed by atoms with Gasteiger partial charge in [0, 0.05) is 22.2 Å². The summed E-state index contributed by atoms with van der Waals surface area (Å²) in [4.78, 5) is 64.3. The van der Waals surface area contributed by atoms with E-state index in [1.54, 1.807) is 24.3 Å². The Bertz CT molecular complexity index is 1620. The summed E-state index contributed by atoms with van der Waals surface area (Å²) in [6, 6.07) is 22.0. The summed E-state index contributed by atoms with van der Waals surface area (Å²) < 4.78 is 5.06. The molecule has 1 aliphatic rings. The van der Waals surface area contributed by atoms with Gasteiger partial charge in [0.2, 0.25) is 5.91 Å². The number of rotatable bonds is 7. The molecule has 1 heterocycles. The summed E-state index contributed by atoms with van der Waals surface area (Å²) >= 11 is 0. The maximum atomic E-state index is 13.2. The van der Waals surface area contributed by atoms with E-state index in [4.69, 9.17) is 4.74 Å². The van der Waals surface area contributed by atoms with Gasteiger partial charge in [-0.1, -0.05) is 42.5 Å². The fraction of sp³-hybridized carbons (Fsp3) is 0.129. The fourth-order valence-electron chi connectivity index (χ4n) is 4.65. The largest absolute Gasteiger partial charge is 0.452 e. The van der Waals surface area contributed by atoms with Crippen LogP contribution in [0.1, 0.15) is 42.2 Å². The summed E-state index contributed by atoms with van der Waals surface area (Å²) in [5, 5.41) is 6.61. The Morgan fingerprint density at radius 1 is 0.750 bits per heavy atom. The third kappa shape index (κ3) is 5.04. The standard InChI is InChI=1S/C31H25N3O6/c1-18-6-3-7-19(2)28(18)33-25(35)16-32-26(36)17-40-31(39)21-12-14-22(15-13-21)34-29(37)23-10-4-8-20-9-5-11-24(27(20)23)30(34)38/h3-15H,16-17H2,1-2H3,(H,32,36)(H,33,35). The Morgan fingerprint density at radius 2 is 1.32 bits per heavy atom. The average molecular weight is 536 g/mol. The average Bonchev–Trinajstić information content (AvgIpc) is 2.96. The number of hydrogen-bond donors (Lipinski definition) is 2. The van der Waals surface area contributed by atoms with Crippen LogP contribution in [0.4, 0.5) is 11.4 Å². The topological polar surface area (TPSA) is 122 Å². The Kier molecular flexibility index (Phi) is 7.11. The lowest BCUT2D eigenvalue weighted by atomic mass is 9.94. The van der Waals surface area contributed by atoms with Crippen molar-refractivity contribution >= 4 is 51.7 Å². The molecule has 0 saturated carbocycles. The zero-order valence-electron chi connectivity index (χ0n) is 21.8. The number of amides is 4. The van der Waals surface area contributed by atoms with Gasteiger partial charge in [0.1, 0.15) is 0 Å². The molecule has 0 radical (unpaired) electrons. The normalized spacial score (nSPS) is 12.3. The first-order chi connectivity index (χ1) is 19.2. The highest BCUT2D eigenvalue weighted by Crippen LogP contribution is 2.32. The second kappa shape index (κ2) is 10.8. The predicted octanol–water partition coefficient (Wildman–Crippen LogP) is 4.17. The zero-order chi connectivity index (χ0) is 28.4. The van der Waals surface area contributed by atoms with Crippen LogP contribution < -0.4 is 15.5 Å². The van der Waals surface area contributed by atoms with E-state index in [2.05, 4.69) is 10.6 Å². The molecule has 9 nitrogen and oxygen atoms in total. The number of para-hydroxylation sites is 1. The molecule has 2 N–H and O–H groups in total. The lowest BCUT2D eigenvalue weighted by Crippen LogP contribution is -2.40. The van der Waals surface area contributed by atoms with Crippen LogP contribution in [0.25, 0.3) is 10.8 Å². The minimum atomic E-state index is -0.770. The van der Waals surface area contributed by atoms with Gasteiger partial charge in [-0.3, -0.25) is 19.2 Å². The lowest BCUT2D eigenvalue weighted by molar-refractivity contribution is -0.126. The summed E-state index contributed by atoms with van der Waals surface area (Å²) in [5.74, 6) is -2.73. The smallest absolute Gasteiger partial charge is 0.338 e. The minimum Gasteiger partial charge on any atom is -0.452 e. The van der Waals surface area contributed by atoms with Gasteiger partial charge in [-0.2, -0.15) is 0 Å². The van der Waals surface area contributed by atoms with Crippen molar-refractivity contribution in [3.8, 4) is 0 Å². The monoisotopic (exact) mass is 535 g/mol. The van der Waals surface area contributed by atoms with Crippen molar-refractivity contribution in [2.45, 2.75) is 13.8 Å². The third-order valence-electron chi connectivity index (χ3n) is 6.66. The molecule has 0 aromatic heterocycles. The molecule has 40 heavy (non-hydrogen) atoms. The lowest BCUT2D eigenvalue weighted by Gasteiger charge is -2.27. The van der Waals surface area contributed by atoms with Crippen molar-refractivity contribution in [3.63, 3.8) is 0 Å². The van der Waals surface area contributed by atoms with Crippen molar-refractivity contribution in [3.05, 3.63) is 107 Å². The van der Waals surface area contributed by atoms with Gasteiger partial charge in [-0.05, 0) is 66.8 Å². The number of carbonyl (C=O) groups is 5. The number of carbonyl (C=O) groups excluding carboxylic acids is 5. The fourth-order valence-corrected chi connectivity index (χ4v) is 4.65. The van der Waals surface area contributed by atoms with E-state index in [0.29, 0.717) is 27.9 Å². The van der Waals surface area contributed by atoms with Gasteiger partial charge >= 0.3 is 5.97 Å². The number of aryl methyl sites for hydroxylation is 2. The van der Waals surface area contributed by atoms with Crippen LogP contribution >= 0.6 is 0 Å². The summed E-state index contributed by atoms with van der Waals surface area (Å²) in [6.45, 7) is 2.87. The molecule has 0 spiro atoms. The van der Waals surface area contributed by atoms with E-state index in [1.807, 2.05) is 44.2 Å². The molecule has 0 atom stereocenters. The Morgan fingerprint density at radius 3 is 1.93 bits per heavy atom. The highest BCUT2D eigenvalue weighted by Gasteiger charge is 2.33. The van der Waals surface area contributed by atoms with Gasteiger partial charge in [0.25, 0.3) is 17.7 Å². The molecule has 0 saturated heterocycles. The Balaban J connectivity index is 1.17. The van der Waals surface area contributed by atoms with Crippen LogP contribution in [0.15, 0.2) is 78.9 Å². The molecule has 5 rings (SSSR count). The maximum Gasteiger partial charge on any atom is 0.338 e. The molecule has 4 aromatic rings. The number of hydrogen-bond acceptors (Lipinski definition) is 6. The highest BCUT2D eigenvalue weighted by molar-refractivity contribution is 6.35. The first-order valence-electron chi connectivity index (χ1n) is 12.5. The molecule has 1 aliphatic heterocycles. The van der Waals surface area contributed by atoms with E-state index in [-0.39, 0.29) is 12.1 Å². The number of nitrogens with zero attached hydrogens (tertiary/aromatic N) is 1. The van der Waals surface area contributed by atoms with Crippen molar-refractivity contribution in [1.29, 1.82) is 0 Å². The second-order valence-electron chi connectivity index (χ2n) is 9.37. The number of nitrogens with one attached hydrogen (secondary N) is 2. The quantitative estimate of drug-likeness (QED) is 0.271. The molecule has 0 aliphatic carbocycles. The van der Waals surface area contributed by atoms with Crippen molar-refractivity contribution in [2.75, 3.05) is 23.4 Å². The number of benzene rings is 4. The number of esters is 1. The number of anilines is 2. The number of ether oxygens (including phenoxy) is 1. The molecule has 9 heteroatoms. The SMILES string of the molecule is Cc1cccc(C)c1NC(=O)CNC(=O)COC(=O)c1ccc(N2C(=O)c3cccc4cccc(c34)C2=O)cc1. The summed E-state index contributed by atoms with van der Waals surface area (Å²) in [5.41, 5.74) is 3.75. The van der Waals surface area contributed by atoms with Crippen LogP contribution in [-0.4, -0.2) is 42.7 Å². The van der Waals surface area contributed by atoms with Gasteiger partial charge in [0.05, 0.1) is 17.8 Å².